The van der Waals surface area contributed by atoms with Crippen molar-refractivity contribution in [2.75, 3.05) is 45.3 Å². The third-order valence-electron chi connectivity index (χ3n) is 16.8. The van der Waals surface area contributed by atoms with Crippen LogP contribution < -0.4 is 25.0 Å². The smallest absolute Gasteiger partial charge is 0.319 e. The lowest BCUT2D eigenvalue weighted by atomic mass is 9.75. The van der Waals surface area contributed by atoms with Gasteiger partial charge in [-0.15, -0.1) is 16.4 Å². The number of aliphatic hydroxyl groups excluding tert-OH is 2. The first kappa shape index (κ1) is 57.3. The maximum atomic E-state index is 16.2. The molecule has 4 aromatic carbocycles. The van der Waals surface area contributed by atoms with Crippen molar-refractivity contribution in [1.82, 2.24) is 55.7 Å². The number of aryl methyl sites for hydroxylation is 1. The molecule has 8 aromatic rings. The summed E-state index contributed by atoms with van der Waals surface area (Å²) in [6.07, 6.45) is 4.74. The Morgan fingerprint density at radius 1 is 0.964 bits per heavy atom. The van der Waals surface area contributed by atoms with Gasteiger partial charge < -0.3 is 44.9 Å². The number of carbonyl (C=O) groups is 2. The minimum absolute atomic E-state index is 0.0213. The van der Waals surface area contributed by atoms with E-state index < -0.39 is 53.8 Å². The van der Waals surface area contributed by atoms with Crippen LogP contribution >= 0.6 is 11.3 Å². The predicted molar refractivity (Wildman–Crippen MR) is 312 cm³/mol. The van der Waals surface area contributed by atoms with Crippen molar-refractivity contribution in [3.8, 4) is 44.6 Å². The van der Waals surface area contributed by atoms with E-state index in [0.717, 1.165) is 71.4 Å². The van der Waals surface area contributed by atoms with Gasteiger partial charge in [-0.05, 0) is 99.2 Å². The summed E-state index contributed by atoms with van der Waals surface area (Å²) in [5.41, 5.74) is 8.80. The van der Waals surface area contributed by atoms with E-state index in [1.54, 1.807) is 32.7 Å². The third kappa shape index (κ3) is 11.3. The zero-order chi connectivity index (χ0) is 58.4. The molecule has 0 spiro atoms. The number of H-pyrrole nitrogens is 1. The fraction of sp³-hybridized carbons (Fsp3) is 0.443. The number of hydrogen-bond acceptors (Lipinski definition) is 16. The van der Waals surface area contributed by atoms with Gasteiger partial charge in [-0.1, -0.05) is 74.0 Å². The van der Waals surface area contributed by atoms with Crippen molar-refractivity contribution in [3.05, 3.63) is 112 Å². The topological polar surface area (TPSA) is 231 Å². The molecule has 2 amide bonds. The molecule has 0 bridgehead atoms. The number of fused-ring (bicyclic) bond motifs is 2. The van der Waals surface area contributed by atoms with Gasteiger partial charge in [0.15, 0.2) is 17.4 Å². The summed E-state index contributed by atoms with van der Waals surface area (Å²) in [5, 5.41) is 45.3. The first-order valence-electron chi connectivity index (χ1n) is 28.4. The Balaban J connectivity index is 0.887. The normalized spacial score (nSPS) is 18.9. The van der Waals surface area contributed by atoms with Crippen LogP contribution in [0, 0.1) is 31.4 Å². The Labute approximate surface area is 483 Å². The number of rotatable bonds is 20. The van der Waals surface area contributed by atoms with Gasteiger partial charge in [0.25, 0.3) is 0 Å². The molecule has 0 unspecified atom stereocenters. The number of aromatic amines is 1. The number of carbonyl (C=O) groups excluding carboxylic acids is 2. The van der Waals surface area contributed by atoms with Crippen molar-refractivity contribution in [3.63, 3.8) is 0 Å². The summed E-state index contributed by atoms with van der Waals surface area (Å²) in [6, 6.07) is 14.8. The van der Waals surface area contributed by atoms with Crippen LogP contribution in [0.15, 0.2) is 72.5 Å². The summed E-state index contributed by atoms with van der Waals surface area (Å²) < 4.78 is 52.3. The number of β-amino-alcohol motifs (C(OH)–C–C–N with tert-alkyl or cyclic N) is 1. The number of halogens is 2. The molecule has 5 N–H and O–H groups in total. The summed E-state index contributed by atoms with van der Waals surface area (Å²) >= 11 is 1.53. The summed E-state index contributed by atoms with van der Waals surface area (Å²) in [7, 11) is 3.63. The number of ether oxygens (including phenoxy) is 3. The average Bonchev–Trinajstić information content (AvgIpc) is 2.67. The highest BCUT2D eigenvalue weighted by Crippen LogP contribution is 2.52. The Morgan fingerprint density at radius 2 is 1.72 bits per heavy atom. The number of amides is 2. The number of aliphatic hydroxyl groups is 2. The minimum Gasteiger partial charge on any atom is -0.486 e. The molecule has 1 saturated carbocycles. The quantitative estimate of drug-likeness (QED) is 0.0480. The van der Waals surface area contributed by atoms with Crippen molar-refractivity contribution >= 4 is 50.8 Å². The molecule has 2 saturated heterocycles. The highest BCUT2D eigenvalue weighted by Gasteiger charge is 2.44. The first-order chi connectivity index (χ1) is 40.0. The lowest BCUT2D eigenvalue weighted by Gasteiger charge is -2.32. The Kier molecular flexibility index (Phi) is 16.6. The number of methoxy groups -OCH3 is 1. The van der Waals surface area contributed by atoms with E-state index in [9.17, 15) is 19.8 Å². The van der Waals surface area contributed by atoms with E-state index in [0.29, 0.717) is 50.4 Å². The molecule has 1 aliphatic carbocycles. The van der Waals surface area contributed by atoms with Gasteiger partial charge in [0.1, 0.15) is 47.8 Å². The molecule has 22 heteroatoms. The number of thiazole rings is 1. The molecule has 0 radical (unpaired) electrons. The fourth-order valence-electron chi connectivity index (χ4n) is 11.8. The van der Waals surface area contributed by atoms with E-state index in [1.807, 2.05) is 83.3 Å². The van der Waals surface area contributed by atoms with Crippen LogP contribution in [0.4, 0.5) is 14.6 Å². The maximum absolute atomic E-state index is 16.2. The number of hydrogen-bond donors (Lipinski definition) is 5. The third-order valence-corrected chi connectivity index (χ3v) is 17.7. The van der Waals surface area contributed by atoms with Crippen molar-refractivity contribution in [2.24, 2.45) is 5.92 Å². The van der Waals surface area contributed by atoms with E-state index in [1.165, 1.54) is 27.1 Å². The second kappa shape index (κ2) is 24.0. The van der Waals surface area contributed by atoms with Gasteiger partial charge in [0, 0.05) is 67.2 Å². The molecule has 3 fully saturated rings. The number of anilines is 1. The van der Waals surface area contributed by atoms with Gasteiger partial charge in [0.2, 0.25) is 11.8 Å². The van der Waals surface area contributed by atoms with Gasteiger partial charge in [0.05, 0.1) is 52.8 Å². The lowest BCUT2D eigenvalue weighted by Crippen LogP contribution is -2.50. The standard InChI is InChI=1S/C61H70F2N12O7S/c1-31(2)55(60(79)74-26-42(77)22-47(74)59(78)67-52(35(6)76)39-16-18-40(19-17-39)57-34(5)65-30-83-57)75-27-46(70-72-75)38-14-12-36(13-15-38)29-81-56-49(48-33(4)50(62)51(63)53-45(48)25-66-71-53)43(37-10-9-11-37)23-44-54(56)68-61(82-28-32(3)80-8)69-58(44)73(7)41-20-21-64-24-41/h12-19,23,25,27,30-32,35,37,41-42,47,52,55,64,76-77H,9-11,20-22,24,26,28-29H2,1-8H3,(H,66,71)(H,67,78)/t32-,35+,41-,42+,47-,52-,55-/m0/s1. The second-order valence-electron chi connectivity index (χ2n) is 22.7. The lowest BCUT2D eigenvalue weighted by molar-refractivity contribution is -0.143. The van der Waals surface area contributed by atoms with Crippen LogP contribution in [0.25, 0.3) is 54.6 Å². The highest BCUT2D eigenvalue weighted by atomic mass is 32.1. The van der Waals surface area contributed by atoms with E-state index in [2.05, 4.69) is 47.1 Å². The first-order valence-corrected chi connectivity index (χ1v) is 29.3. The van der Waals surface area contributed by atoms with Crippen LogP contribution in [0.2, 0.25) is 0 Å². The Bertz CT molecular complexity index is 3660. The number of likely N-dealkylation sites (N-methyl/N-ethyl adjacent to an activating group) is 1. The average molecular weight is 1150 g/mol. The van der Waals surface area contributed by atoms with E-state index in [4.69, 9.17) is 24.2 Å². The molecule has 11 rings (SSSR count). The van der Waals surface area contributed by atoms with Crippen molar-refractivity contribution < 1.29 is 42.8 Å². The molecule has 6 heterocycles. The van der Waals surface area contributed by atoms with Crippen molar-refractivity contribution in [1.29, 1.82) is 0 Å². The van der Waals surface area contributed by atoms with Gasteiger partial charge >= 0.3 is 6.01 Å². The van der Waals surface area contributed by atoms with Crippen LogP contribution in [0.1, 0.15) is 106 Å². The van der Waals surface area contributed by atoms with Crippen LogP contribution in [0.5, 0.6) is 11.8 Å². The predicted octanol–water partition coefficient (Wildman–Crippen LogP) is 8.91. The highest BCUT2D eigenvalue weighted by molar-refractivity contribution is 7.13. The Hall–Kier alpha value is -7.50. The molecule has 436 valence electrons. The van der Waals surface area contributed by atoms with Gasteiger partial charge in [-0.25, -0.2) is 18.4 Å². The van der Waals surface area contributed by atoms with Crippen LogP contribution in [-0.4, -0.2) is 138 Å². The van der Waals surface area contributed by atoms with Crippen LogP contribution in [-0.2, 0) is 20.9 Å². The summed E-state index contributed by atoms with van der Waals surface area (Å²) in [5.74, 6) is -2.09. The Morgan fingerprint density at radius 3 is 2.39 bits per heavy atom. The largest absolute Gasteiger partial charge is 0.486 e. The fourth-order valence-corrected chi connectivity index (χ4v) is 12.6. The minimum atomic E-state index is -1.01. The number of aromatic nitrogens is 8. The molecule has 7 atom stereocenters. The molecular weight excluding hydrogens is 1080 g/mol. The molecule has 83 heavy (non-hydrogen) atoms. The zero-order valence-electron chi connectivity index (χ0n) is 47.8. The number of nitrogens with zero attached hydrogens (tertiary/aromatic N) is 9. The molecular formula is C61H70F2N12O7S. The van der Waals surface area contributed by atoms with Gasteiger partial charge in [-0.2, -0.15) is 15.1 Å². The monoisotopic (exact) mass is 1150 g/mol. The molecule has 4 aromatic heterocycles. The zero-order valence-corrected chi connectivity index (χ0v) is 48.6. The maximum Gasteiger partial charge on any atom is 0.319 e. The summed E-state index contributed by atoms with van der Waals surface area (Å²) in [4.78, 5) is 47.9. The van der Waals surface area contributed by atoms with Gasteiger partial charge in [-0.3, -0.25) is 14.7 Å². The second-order valence-corrected chi connectivity index (χ2v) is 23.5. The van der Waals surface area contributed by atoms with E-state index in [-0.39, 0.29) is 67.3 Å². The van der Waals surface area contributed by atoms with E-state index >= 15 is 8.78 Å². The summed E-state index contributed by atoms with van der Waals surface area (Å²) in [6.45, 7) is 12.5. The number of nitrogens with one attached hydrogen (secondary N) is 3. The molecule has 2 aliphatic heterocycles. The molecule has 3 aliphatic rings. The number of likely N-dealkylation sites (tertiary alicyclic amines) is 1. The van der Waals surface area contributed by atoms with Crippen LogP contribution in [0.3, 0.4) is 0 Å². The van der Waals surface area contributed by atoms with Crippen molar-refractivity contribution in [2.45, 2.75) is 129 Å². The SMILES string of the molecule is CO[C@@H](C)COc1nc(N(C)[C@H]2CCNC2)c2cc(C3CCC3)c(-c3c(C)c(F)c(F)c4[nH]ncc34)c(OCc3ccc(-c4cn([C@H](C(=O)N5C[C@H](O)C[C@H]5C(=O)N[C@H](c5ccc(-c6scnc6C)cc5)[C@@H](C)O)C(C)C)nn4)cc3)c2n1. The molecule has 19 nitrogen and oxygen atoms in total. The number of benzene rings is 4.